The van der Waals surface area contributed by atoms with Crippen molar-refractivity contribution in [1.82, 2.24) is 9.88 Å². The number of carbonyl (C=O) groups is 1. The van der Waals surface area contributed by atoms with Gasteiger partial charge in [-0.15, -0.1) is 0 Å². The molecule has 4 aromatic carbocycles. The molecule has 42 heavy (non-hydrogen) atoms. The van der Waals surface area contributed by atoms with Crippen LogP contribution < -0.4 is 21.0 Å². The predicted molar refractivity (Wildman–Crippen MR) is 166 cm³/mol. The van der Waals surface area contributed by atoms with Gasteiger partial charge in [-0.3, -0.25) is 4.79 Å². The summed E-state index contributed by atoms with van der Waals surface area (Å²) in [6, 6.07) is 29.3. The highest BCUT2D eigenvalue weighted by Gasteiger charge is 2.16. The van der Waals surface area contributed by atoms with E-state index in [0.717, 1.165) is 27.9 Å². The fraction of sp³-hybridized carbons (Fsp3) is 0.206. The third-order valence-corrected chi connectivity index (χ3v) is 7.24. The van der Waals surface area contributed by atoms with Crippen LogP contribution in [-0.2, 0) is 24.3 Å². The molecule has 0 atom stereocenters. The Labute approximate surface area is 245 Å². The summed E-state index contributed by atoms with van der Waals surface area (Å²) in [6.07, 6.45) is 0.801. The van der Waals surface area contributed by atoms with Crippen LogP contribution >= 0.6 is 0 Å². The van der Waals surface area contributed by atoms with Crippen molar-refractivity contribution in [2.75, 3.05) is 24.8 Å². The van der Waals surface area contributed by atoms with E-state index in [9.17, 15) is 9.59 Å². The fourth-order valence-corrected chi connectivity index (χ4v) is 4.87. The lowest BCUT2D eigenvalue weighted by Crippen LogP contribution is -2.26. The molecule has 0 bridgehead atoms. The zero-order chi connectivity index (χ0) is 29.5. The van der Waals surface area contributed by atoms with Crippen molar-refractivity contribution in [1.29, 1.82) is 0 Å². The number of ether oxygens (including phenoxy) is 1. The Morgan fingerprint density at radius 2 is 1.64 bits per heavy atom. The quantitative estimate of drug-likeness (QED) is 0.191. The van der Waals surface area contributed by atoms with Gasteiger partial charge in [-0.2, -0.15) is 4.98 Å². The van der Waals surface area contributed by atoms with E-state index >= 15 is 0 Å². The molecule has 1 heterocycles. The third-order valence-electron chi connectivity index (χ3n) is 7.24. The molecular formula is C34H34N4O4. The van der Waals surface area contributed by atoms with Crippen molar-refractivity contribution in [2.45, 2.75) is 32.9 Å². The Hall–Kier alpha value is -5.11. The Morgan fingerprint density at radius 3 is 2.36 bits per heavy atom. The van der Waals surface area contributed by atoms with E-state index < -0.39 is 5.63 Å². The summed E-state index contributed by atoms with van der Waals surface area (Å²) in [6.45, 7) is 3.06. The SMILES string of the molecule is COc1ccc(CCC(=O)N(C)Cc2ccccc2)c(Nc2nc3ccc(NCc4ccccc4)c(C)c3c(=O)o2)c1. The van der Waals surface area contributed by atoms with E-state index in [4.69, 9.17) is 9.15 Å². The minimum Gasteiger partial charge on any atom is -0.497 e. The summed E-state index contributed by atoms with van der Waals surface area (Å²) in [5.74, 6) is 0.657. The molecule has 0 aliphatic heterocycles. The first kappa shape index (κ1) is 28.4. The summed E-state index contributed by atoms with van der Waals surface area (Å²) in [5.41, 5.74) is 5.41. The lowest BCUT2D eigenvalue weighted by atomic mass is 10.1. The number of fused-ring (bicyclic) bond motifs is 1. The van der Waals surface area contributed by atoms with E-state index in [2.05, 4.69) is 15.6 Å². The van der Waals surface area contributed by atoms with Crippen LogP contribution in [0.4, 0.5) is 17.4 Å². The zero-order valence-corrected chi connectivity index (χ0v) is 24.0. The van der Waals surface area contributed by atoms with Crippen LogP contribution in [0.5, 0.6) is 5.75 Å². The molecule has 0 saturated heterocycles. The predicted octanol–water partition coefficient (Wildman–Crippen LogP) is 6.45. The van der Waals surface area contributed by atoms with E-state index in [1.807, 2.05) is 91.9 Å². The Kier molecular flexibility index (Phi) is 8.82. The number of hydrogen-bond donors (Lipinski definition) is 2. The molecule has 0 spiro atoms. The van der Waals surface area contributed by atoms with Crippen LogP contribution in [0.3, 0.4) is 0 Å². The number of nitrogens with one attached hydrogen (secondary N) is 2. The first-order chi connectivity index (χ1) is 20.4. The van der Waals surface area contributed by atoms with Gasteiger partial charge in [0.25, 0.3) is 0 Å². The molecule has 0 aliphatic rings. The minimum atomic E-state index is -0.481. The van der Waals surface area contributed by atoms with Crippen LogP contribution in [0.1, 0.15) is 28.7 Å². The van der Waals surface area contributed by atoms with Crippen molar-refractivity contribution in [2.24, 2.45) is 0 Å². The van der Waals surface area contributed by atoms with Crippen molar-refractivity contribution in [3.63, 3.8) is 0 Å². The van der Waals surface area contributed by atoms with Gasteiger partial charge in [0.1, 0.15) is 5.75 Å². The summed E-state index contributed by atoms with van der Waals surface area (Å²) in [7, 11) is 3.39. The van der Waals surface area contributed by atoms with Gasteiger partial charge in [0.05, 0.1) is 18.0 Å². The molecule has 0 fully saturated rings. The van der Waals surface area contributed by atoms with Crippen LogP contribution in [0, 0.1) is 6.92 Å². The van der Waals surface area contributed by atoms with Crippen molar-refractivity contribution in [3.05, 3.63) is 124 Å². The van der Waals surface area contributed by atoms with Crippen molar-refractivity contribution >= 4 is 34.2 Å². The molecule has 5 aromatic rings. The first-order valence-corrected chi connectivity index (χ1v) is 13.9. The number of benzene rings is 4. The summed E-state index contributed by atoms with van der Waals surface area (Å²) in [4.78, 5) is 32.4. The van der Waals surface area contributed by atoms with Gasteiger partial charge in [0.15, 0.2) is 0 Å². The Balaban J connectivity index is 1.33. The molecule has 214 valence electrons. The monoisotopic (exact) mass is 562 g/mol. The number of methoxy groups -OCH3 is 1. The van der Waals surface area contributed by atoms with Crippen molar-refractivity contribution < 1.29 is 13.9 Å². The molecule has 1 amide bonds. The maximum atomic E-state index is 13.1. The van der Waals surface area contributed by atoms with Gasteiger partial charge in [-0.25, -0.2) is 4.79 Å². The number of carbonyl (C=O) groups excluding carboxylic acids is 1. The second-order valence-corrected chi connectivity index (χ2v) is 10.2. The Morgan fingerprint density at radius 1 is 0.929 bits per heavy atom. The Bertz CT molecular complexity index is 1740. The number of nitrogens with zero attached hydrogens (tertiary/aromatic N) is 2. The fourth-order valence-electron chi connectivity index (χ4n) is 4.87. The maximum Gasteiger partial charge on any atom is 0.348 e. The molecule has 0 aliphatic carbocycles. The standard InChI is InChI=1S/C34H34N4O4/c1-23-28(35-21-24-10-6-4-7-11-24)17-18-29-32(23)33(40)42-34(36-29)37-30-20-27(41-3)16-14-26(30)15-19-31(39)38(2)22-25-12-8-5-9-13-25/h4-14,16-18,20,35H,15,19,21-22H2,1-3H3,(H,36,37). The smallest absolute Gasteiger partial charge is 0.348 e. The van der Waals surface area contributed by atoms with E-state index in [0.29, 0.717) is 48.3 Å². The molecule has 1 aromatic heterocycles. The highest BCUT2D eigenvalue weighted by molar-refractivity contribution is 5.86. The second kappa shape index (κ2) is 13.0. The van der Waals surface area contributed by atoms with E-state index in [-0.39, 0.29) is 11.9 Å². The van der Waals surface area contributed by atoms with Gasteiger partial charge in [-0.05, 0) is 53.8 Å². The van der Waals surface area contributed by atoms with Gasteiger partial charge < -0.3 is 24.7 Å². The van der Waals surface area contributed by atoms with Crippen LogP contribution in [0.2, 0.25) is 0 Å². The topological polar surface area (TPSA) is 96.7 Å². The molecular weight excluding hydrogens is 528 g/mol. The molecule has 0 radical (unpaired) electrons. The number of aryl methyl sites for hydroxylation is 2. The first-order valence-electron chi connectivity index (χ1n) is 13.9. The highest BCUT2D eigenvalue weighted by atomic mass is 16.5. The molecule has 2 N–H and O–H groups in total. The summed E-state index contributed by atoms with van der Waals surface area (Å²) < 4.78 is 11.1. The maximum absolute atomic E-state index is 13.1. The van der Waals surface area contributed by atoms with Gasteiger partial charge in [0, 0.05) is 44.0 Å². The molecule has 5 rings (SSSR count). The lowest BCUT2D eigenvalue weighted by Gasteiger charge is -2.18. The molecule has 0 unspecified atom stereocenters. The average molecular weight is 563 g/mol. The van der Waals surface area contributed by atoms with Crippen LogP contribution in [0.25, 0.3) is 10.9 Å². The van der Waals surface area contributed by atoms with Crippen LogP contribution in [-0.4, -0.2) is 29.9 Å². The van der Waals surface area contributed by atoms with Crippen molar-refractivity contribution in [3.8, 4) is 5.75 Å². The number of rotatable bonds is 11. The lowest BCUT2D eigenvalue weighted by molar-refractivity contribution is -0.130. The van der Waals surface area contributed by atoms with Crippen LogP contribution in [0.15, 0.2) is 100 Å². The molecule has 8 heteroatoms. The number of hydrogen-bond acceptors (Lipinski definition) is 7. The van der Waals surface area contributed by atoms with Gasteiger partial charge in [-0.1, -0.05) is 66.7 Å². The third kappa shape index (κ3) is 6.78. The number of amides is 1. The average Bonchev–Trinajstić information content (AvgIpc) is 3.00. The highest BCUT2D eigenvalue weighted by Crippen LogP contribution is 2.28. The summed E-state index contributed by atoms with van der Waals surface area (Å²) >= 11 is 0. The zero-order valence-electron chi connectivity index (χ0n) is 24.0. The normalized spacial score (nSPS) is 10.8. The van der Waals surface area contributed by atoms with E-state index in [1.165, 1.54) is 0 Å². The van der Waals surface area contributed by atoms with Gasteiger partial charge >= 0.3 is 11.6 Å². The minimum absolute atomic E-state index is 0.0307. The molecule has 8 nitrogen and oxygen atoms in total. The second-order valence-electron chi connectivity index (χ2n) is 10.2. The van der Waals surface area contributed by atoms with Gasteiger partial charge in [0.2, 0.25) is 5.91 Å². The molecule has 0 saturated carbocycles. The summed E-state index contributed by atoms with van der Waals surface area (Å²) in [5, 5.41) is 6.98. The largest absolute Gasteiger partial charge is 0.497 e. The number of anilines is 3. The van der Waals surface area contributed by atoms with E-state index in [1.54, 1.807) is 25.1 Å². The number of aromatic nitrogens is 1.